The van der Waals surface area contributed by atoms with E-state index in [0.29, 0.717) is 22.8 Å². The standard InChI is InChI=1S/C22H16N4O3/c23-11-16-3-5-19(6-4-16)28-15-21-8-7-20(29-21)10-18(12-24)22(27)26-14-17-2-1-9-25-13-17/h1-10,13H,14-15H2,(H,26,27)/b18-10+. The summed E-state index contributed by atoms with van der Waals surface area (Å²) in [7, 11) is 0. The highest BCUT2D eigenvalue weighted by Crippen LogP contribution is 2.17. The summed E-state index contributed by atoms with van der Waals surface area (Å²) in [5, 5.41) is 20.7. The van der Waals surface area contributed by atoms with Crippen LogP contribution in [0, 0.1) is 22.7 Å². The SMILES string of the molecule is N#C/C(=C\c1ccc(COc2ccc(C#N)cc2)o1)C(=O)NCc1cccnc1. The molecular weight excluding hydrogens is 368 g/mol. The van der Waals surface area contributed by atoms with E-state index in [1.54, 1.807) is 54.9 Å². The van der Waals surface area contributed by atoms with Crippen molar-refractivity contribution in [3.63, 3.8) is 0 Å². The number of aromatic nitrogens is 1. The third kappa shape index (κ3) is 5.56. The number of carbonyl (C=O) groups is 1. The molecule has 1 amide bonds. The van der Waals surface area contributed by atoms with Gasteiger partial charge in [0.15, 0.2) is 0 Å². The number of furan rings is 1. The fraction of sp³-hybridized carbons (Fsp3) is 0.0909. The van der Waals surface area contributed by atoms with Crippen LogP contribution in [0.2, 0.25) is 0 Å². The maximum Gasteiger partial charge on any atom is 0.262 e. The summed E-state index contributed by atoms with van der Waals surface area (Å²) >= 11 is 0. The van der Waals surface area contributed by atoms with E-state index < -0.39 is 5.91 Å². The quantitative estimate of drug-likeness (QED) is 0.494. The summed E-state index contributed by atoms with van der Waals surface area (Å²) in [6.07, 6.45) is 4.66. The smallest absolute Gasteiger partial charge is 0.262 e. The summed E-state index contributed by atoms with van der Waals surface area (Å²) in [6, 6.07) is 17.6. The Hall–Kier alpha value is -4.36. The molecule has 0 fully saturated rings. The van der Waals surface area contributed by atoms with Crippen molar-refractivity contribution in [1.29, 1.82) is 10.5 Å². The first-order valence-corrected chi connectivity index (χ1v) is 8.68. The highest BCUT2D eigenvalue weighted by molar-refractivity contribution is 6.01. The molecule has 3 aromatic rings. The number of carbonyl (C=O) groups excluding carboxylic acids is 1. The van der Waals surface area contributed by atoms with Crippen molar-refractivity contribution in [1.82, 2.24) is 10.3 Å². The molecule has 0 unspecified atom stereocenters. The molecule has 2 aromatic heterocycles. The molecule has 0 saturated carbocycles. The normalized spacial score (nSPS) is 10.6. The van der Waals surface area contributed by atoms with E-state index in [9.17, 15) is 10.1 Å². The van der Waals surface area contributed by atoms with Crippen LogP contribution < -0.4 is 10.1 Å². The Labute approximate surface area is 167 Å². The van der Waals surface area contributed by atoms with Gasteiger partial charge >= 0.3 is 0 Å². The van der Waals surface area contributed by atoms with Gasteiger partial charge in [0.2, 0.25) is 0 Å². The van der Waals surface area contributed by atoms with Crippen LogP contribution in [0.3, 0.4) is 0 Å². The van der Waals surface area contributed by atoms with Crippen LogP contribution in [-0.2, 0) is 17.9 Å². The molecule has 142 valence electrons. The van der Waals surface area contributed by atoms with E-state index in [2.05, 4.69) is 10.3 Å². The number of ether oxygens (including phenoxy) is 1. The van der Waals surface area contributed by atoms with Gasteiger partial charge in [0.05, 0.1) is 11.6 Å². The van der Waals surface area contributed by atoms with Crippen molar-refractivity contribution in [2.45, 2.75) is 13.2 Å². The molecular formula is C22H16N4O3. The van der Waals surface area contributed by atoms with Crippen molar-refractivity contribution in [3.8, 4) is 17.9 Å². The van der Waals surface area contributed by atoms with E-state index in [-0.39, 0.29) is 18.7 Å². The number of hydrogen-bond donors (Lipinski definition) is 1. The Kier molecular flexibility index (Phi) is 6.38. The Balaban J connectivity index is 1.58. The van der Waals surface area contributed by atoms with Crippen molar-refractivity contribution >= 4 is 12.0 Å². The molecule has 0 atom stereocenters. The van der Waals surface area contributed by atoms with E-state index in [1.807, 2.05) is 18.2 Å². The second kappa shape index (κ2) is 9.54. The second-order valence-electron chi connectivity index (χ2n) is 5.94. The van der Waals surface area contributed by atoms with E-state index >= 15 is 0 Å². The largest absolute Gasteiger partial charge is 0.486 e. The second-order valence-corrected chi connectivity index (χ2v) is 5.94. The Morgan fingerprint density at radius 3 is 2.69 bits per heavy atom. The van der Waals surface area contributed by atoms with E-state index in [0.717, 1.165) is 5.56 Å². The average molecular weight is 384 g/mol. The van der Waals surface area contributed by atoms with Crippen LogP contribution in [0.1, 0.15) is 22.6 Å². The molecule has 1 N–H and O–H groups in total. The number of pyridine rings is 1. The first-order valence-electron chi connectivity index (χ1n) is 8.68. The lowest BCUT2D eigenvalue weighted by atomic mass is 10.2. The van der Waals surface area contributed by atoms with Crippen LogP contribution in [0.15, 0.2) is 70.9 Å². The number of hydrogen-bond acceptors (Lipinski definition) is 6. The minimum Gasteiger partial charge on any atom is -0.486 e. The highest BCUT2D eigenvalue weighted by Gasteiger charge is 2.11. The topological polar surface area (TPSA) is 112 Å². The van der Waals surface area contributed by atoms with Gasteiger partial charge in [0.1, 0.15) is 35.5 Å². The zero-order chi connectivity index (χ0) is 20.5. The number of nitriles is 2. The molecule has 2 heterocycles. The molecule has 7 heteroatoms. The first kappa shape index (κ1) is 19.4. The maximum atomic E-state index is 12.2. The van der Waals surface area contributed by atoms with Crippen LogP contribution in [0.5, 0.6) is 5.75 Å². The molecule has 1 aromatic carbocycles. The zero-order valence-electron chi connectivity index (χ0n) is 15.3. The van der Waals surface area contributed by atoms with Crippen LogP contribution >= 0.6 is 0 Å². The van der Waals surface area contributed by atoms with Gasteiger partial charge in [-0.1, -0.05) is 6.07 Å². The number of nitrogens with zero attached hydrogens (tertiary/aromatic N) is 3. The zero-order valence-corrected chi connectivity index (χ0v) is 15.3. The van der Waals surface area contributed by atoms with Gasteiger partial charge in [-0.2, -0.15) is 10.5 Å². The molecule has 29 heavy (non-hydrogen) atoms. The van der Waals surface area contributed by atoms with Gasteiger partial charge < -0.3 is 14.5 Å². The van der Waals surface area contributed by atoms with Crippen molar-refractivity contribution < 1.29 is 13.9 Å². The number of rotatable bonds is 7. The first-order chi connectivity index (χ1) is 14.2. The lowest BCUT2D eigenvalue weighted by Gasteiger charge is -2.04. The lowest BCUT2D eigenvalue weighted by molar-refractivity contribution is -0.117. The third-order valence-electron chi connectivity index (χ3n) is 3.87. The molecule has 0 aliphatic carbocycles. The monoisotopic (exact) mass is 384 g/mol. The van der Waals surface area contributed by atoms with Crippen LogP contribution in [-0.4, -0.2) is 10.9 Å². The van der Waals surface area contributed by atoms with Crippen molar-refractivity contribution in [2.75, 3.05) is 0 Å². The van der Waals surface area contributed by atoms with Gasteiger partial charge in [-0.25, -0.2) is 0 Å². The number of amides is 1. The molecule has 0 bridgehead atoms. The Morgan fingerprint density at radius 1 is 1.17 bits per heavy atom. The van der Waals surface area contributed by atoms with E-state index in [1.165, 1.54) is 6.08 Å². The van der Waals surface area contributed by atoms with Gasteiger partial charge in [-0.05, 0) is 48.0 Å². The fourth-order valence-corrected chi connectivity index (χ4v) is 2.40. The highest BCUT2D eigenvalue weighted by atomic mass is 16.5. The lowest BCUT2D eigenvalue weighted by Crippen LogP contribution is -2.23. The Bertz CT molecular complexity index is 1090. The predicted octanol–water partition coefficient (Wildman–Crippen LogP) is 3.35. The summed E-state index contributed by atoms with van der Waals surface area (Å²) in [5.74, 6) is 1.01. The van der Waals surface area contributed by atoms with Crippen molar-refractivity contribution in [3.05, 3.63) is 89.1 Å². The summed E-state index contributed by atoms with van der Waals surface area (Å²) in [4.78, 5) is 16.2. The number of nitrogens with one attached hydrogen (secondary N) is 1. The molecule has 7 nitrogen and oxygen atoms in total. The molecule has 0 saturated heterocycles. The molecule has 0 spiro atoms. The van der Waals surface area contributed by atoms with Crippen LogP contribution in [0.4, 0.5) is 0 Å². The maximum absolute atomic E-state index is 12.2. The molecule has 0 aliphatic heterocycles. The average Bonchev–Trinajstić information content (AvgIpc) is 3.23. The number of benzene rings is 1. The third-order valence-corrected chi connectivity index (χ3v) is 3.87. The Morgan fingerprint density at radius 2 is 2.00 bits per heavy atom. The summed E-state index contributed by atoms with van der Waals surface area (Å²) in [6.45, 7) is 0.447. The summed E-state index contributed by atoms with van der Waals surface area (Å²) in [5.41, 5.74) is 1.31. The predicted molar refractivity (Wildman–Crippen MR) is 104 cm³/mol. The fourth-order valence-electron chi connectivity index (χ4n) is 2.40. The minimum absolute atomic E-state index is 0.0669. The summed E-state index contributed by atoms with van der Waals surface area (Å²) < 4.78 is 11.2. The van der Waals surface area contributed by atoms with Gasteiger partial charge in [0, 0.05) is 25.0 Å². The van der Waals surface area contributed by atoms with Gasteiger partial charge in [0.25, 0.3) is 5.91 Å². The van der Waals surface area contributed by atoms with Crippen LogP contribution in [0.25, 0.3) is 6.08 Å². The molecule has 0 radical (unpaired) electrons. The van der Waals surface area contributed by atoms with Gasteiger partial charge in [-0.3, -0.25) is 9.78 Å². The van der Waals surface area contributed by atoms with Gasteiger partial charge in [-0.15, -0.1) is 0 Å². The van der Waals surface area contributed by atoms with E-state index in [4.69, 9.17) is 14.4 Å². The minimum atomic E-state index is -0.497. The van der Waals surface area contributed by atoms with Crippen molar-refractivity contribution in [2.24, 2.45) is 0 Å². The molecule has 3 rings (SSSR count). The molecule has 0 aliphatic rings.